The molecule has 1 nitrogen and oxygen atoms in total. The highest BCUT2D eigenvalue weighted by atomic mass is 35.5. The summed E-state index contributed by atoms with van der Waals surface area (Å²) in [5, 5.41) is 5.68. The monoisotopic (exact) mass is 295 g/mol. The number of halogens is 1. The summed E-state index contributed by atoms with van der Waals surface area (Å²) >= 11 is 8.23. The summed E-state index contributed by atoms with van der Waals surface area (Å²) < 4.78 is 1.28. The van der Waals surface area contributed by atoms with Gasteiger partial charge in [-0.1, -0.05) is 43.6 Å². The normalized spacial score (nSPS) is 13.3. The Morgan fingerprint density at radius 1 is 1.16 bits per heavy atom. The summed E-state index contributed by atoms with van der Waals surface area (Å²) in [6.45, 7) is 7.67. The molecule has 3 heteroatoms. The van der Waals surface area contributed by atoms with Crippen molar-refractivity contribution in [3.63, 3.8) is 0 Å². The second-order valence-corrected chi connectivity index (χ2v) is 7.10. The van der Waals surface area contributed by atoms with Crippen LogP contribution in [0.4, 0.5) is 0 Å². The first-order valence-corrected chi connectivity index (χ1v) is 8.16. The molecule has 0 saturated heterocycles. The van der Waals surface area contributed by atoms with E-state index in [0.29, 0.717) is 6.04 Å². The van der Waals surface area contributed by atoms with Gasteiger partial charge < -0.3 is 5.32 Å². The van der Waals surface area contributed by atoms with Gasteiger partial charge in [-0.15, -0.1) is 11.3 Å². The molecule has 1 atom stereocenters. The van der Waals surface area contributed by atoms with Crippen LogP contribution in [0, 0.1) is 5.92 Å². The van der Waals surface area contributed by atoms with Crippen LogP contribution in [0.3, 0.4) is 0 Å². The Morgan fingerprint density at radius 2 is 1.89 bits per heavy atom. The Hall–Kier alpha value is -0.570. The minimum atomic E-state index is 0.545. The maximum atomic E-state index is 6.44. The van der Waals surface area contributed by atoms with Gasteiger partial charge in [-0.05, 0) is 31.7 Å². The van der Waals surface area contributed by atoms with Gasteiger partial charge in [0, 0.05) is 27.5 Å². The Morgan fingerprint density at radius 3 is 2.58 bits per heavy atom. The summed E-state index contributed by atoms with van der Waals surface area (Å²) in [5.74, 6) is 0.775. The average molecular weight is 296 g/mol. The van der Waals surface area contributed by atoms with Gasteiger partial charge in [-0.25, -0.2) is 0 Å². The van der Waals surface area contributed by atoms with Crippen LogP contribution in [-0.2, 0) is 6.54 Å². The third-order valence-electron chi connectivity index (χ3n) is 3.39. The fourth-order valence-electron chi connectivity index (χ4n) is 2.13. The van der Waals surface area contributed by atoms with Crippen LogP contribution >= 0.6 is 22.9 Å². The van der Waals surface area contributed by atoms with E-state index in [1.54, 1.807) is 11.3 Å². The molecule has 0 radical (unpaired) electrons. The van der Waals surface area contributed by atoms with Crippen LogP contribution in [0.5, 0.6) is 0 Å². The zero-order chi connectivity index (χ0) is 13.8. The van der Waals surface area contributed by atoms with Crippen molar-refractivity contribution in [1.29, 1.82) is 0 Å². The Kier molecular flexibility index (Phi) is 5.26. The molecule has 19 heavy (non-hydrogen) atoms. The molecule has 1 N–H and O–H groups in total. The summed E-state index contributed by atoms with van der Waals surface area (Å²) in [6.07, 6.45) is 2.49. The fourth-order valence-corrected chi connectivity index (χ4v) is 3.58. The molecule has 0 spiro atoms. The number of thiophene rings is 1. The first-order chi connectivity index (χ1) is 9.08. The lowest BCUT2D eigenvalue weighted by Crippen LogP contribution is -2.25. The second-order valence-electron chi connectivity index (χ2n) is 5.59. The number of nitrogens with one attached hydrogen (secondary N) is 1. The summed E-state index contributed by atoms with van der Waals surface area (Å²) in [6, 6.07) is 8.89. The van der Waals surface area contributed by atoms with E-state index in [1.807, 2.05) is 6.07 Å². The van der Waals surface area contributed by atoms with E-state index in [1.165, 1.54) is 27.8 Å². The predicted molar refractivity (Wildman–Crippen MR) is 87.2 cm³/mol. The fraction of sp³-hybridized carbons (Fsp3) is 0.500. The van der Waals surface area contributed by atoms with Crippen molar-refractivity contribution in [2.45, 2.75) is 46.2 Å². The predicted octanol–water partition coefficient (Wildman–Crippen LogP) is 5.47. The van der Waals surface area contributed by atoms with Crippen molar-refractivity contribution in [1.82, 2.24) is 5.32 Å². The van der Waals surface area contributed by atoms with Crippen LogP contribution < -0.4 is 5.32 Å². The highest BCUT2D eigenvalue weighted by molar-refractivity contribution is 7.19. The number of hydrogen-bond donors (Lipinski definition) is 1. The maximum absolute atomic E-state index is 6.44. The minimum absolute atomic E-state index is 0.545. The van der Waals surface area contributed by atoms with E-state index in [2.05, 4.69) is 44.3 Å². The van der Waals surface area contributed by atoms with Gasteiger partial charge in [0.2, 0.25) is 0 Å². The molecule has 0 amide bonds. The molecule has 0 saturated carbocycles. The van der Waals surface area contributed by atoms with Gasteiger partial charge in [0.1, 0.15) is 0 Å². The van der Waals surface area contributed by atoms with Gasteiger partial charge in [0.15, 0.2) is 0 Å². The molecule has 104 valence electrons. The Balaban J connectivity index is 1.96. The summed E-state index contributed by atoms with van der Waals surface area (Å²) in [4.78, 5) is 1.25. The van der Waals surface area contributed by atoms with E-state index in [0.717, 1.165) is 17.5 Å². The van der Waals surface area contributed by atoms with Crippen molar-refractivity contribution < 1.29 is 0 Å². The maximum Gasteiger partial charge on any atom is 0.0636 e. The van der Waals surface area contributed by atoms with Crippen molar-refractivity contribution in [2.24, 2.45) is 5.92 Å². The van der Waals surface area contributed by atoms with Crippen LogP contribution in [0.1, 0.15) is 38.5 Å². The second kappa shape index (κ2) is 6.74. The van der Waals surface area contributed by atoms with Crippen LogP contribution in [0.15, 0.2) is 24.3 Å². The van der Waals surface area contributed by atoms with E-state index < -0.39 is 0 Å². The van der Waals surface area contributed by atoms with Crippen molar-refractivity contribution in [3.05, 3.63) is 34.2 Å². The molecule has 0 bridgehead atoms. The third-order valence-corrected chi connectivity index (χ3v) is 5.10. The number of benzene rings is 1. The first kappa shape index (κ1) is 14.8. The lowest BCUT2D eigenvalue weighted by molar-refractivity contribution is 0.452. The van der Waals surface area contributed by atoms with Gasteiger partial charge in [0.25, 0.3) is 0 Å². The molecule has 2 aromatic rings. The smallest absolute Gasteiger partial charge is 0.0636 e. The van der Waals surface area contributed by atoms with Crippen LogP contribution in [0.2, 0.25) is 5.02 Å². The number of fused-ring (bicyclic) bond motifs is 1. The topological polar surface area (TPSA) is 12.0 Å². The minimum Gasteiger partial charge on any atom is -0.309 e. The summed E-state index contributed by atoms with van der Waals surface area (Å²) in [5.41, 5.74) is 0. The quantitative estimate of drug-likeness (QED) is 0.745. The molecule has 0 fully saturated rings. The number of rotatable bonds is 6. The molecular weight excluding hydrogens is 274 g/mol. The molecule has 1 aromatic carbocycles. The molecule has 1 unspecified atom stereocenters. The van der Waals surface area contributed by atoms with Crippen molar-refractivity contribution in [3.8, 4) is 0 Å². The lowest BCUT2D eigenvalue weighted by Gasteiger charge is -2.14. The third kappa shape index (κ3) is 3.95. The lowest BCUT2D eigenvalue weighted by atomic mass is 10.0. The number of hydrogen-bond acceptors (Lipinski definition) is 2. The van der Waals surface area contributed by atoms with Gasteiger partial charge >= 0.3 is 0 Å². The standard InChI is InChI=1S/C16H22ClNS/c1-11(2)8-9-12(3)18-10-15-16(17)13-6-4-5-7-14(13)19-15/h4-7,11-12,18H,8-10H2,1-3H3. The SMILES string of the molecule is CC(C)CCC(C)NCc1sc2ccccc2c1Cl. The summed E-state index contributed by atoms with van der Waals surface area (Å²) in [7, 11) is 0. The first-order valence-electron chi connectivity index (χ1n) is 6.97. The zero-order valence-electron chi connectivity index (χ0n) is 11.9. The molecular formula is C16H22ClNS. The van der Waals surface area contributed by atoms with Gasteiger partial charge in [0.05, 0.1) is 5.02 Å². The van der Waals surface area contributed by atoms with E-state index in [4.69, 9.17) is 11.6 Å². The van der Waals surface area contributed by atoms with Gasteiger partial charge in [-0.2, -0.15) is 0 Å². The molecule has 2 rings (SSSR count). The largest absolute Gasteiger partial charge is 0.309 e. The Bertz CT molecular complexity index is 533. The van der Waals surface area contributed by atoms with Crippen LogP contribution in [-0.4, -0.2) is 6.04 Å². The van der Waals surface area contributed by atoms with E-state index >= 15 is 0 Å². The van der Waals surface area contributed by atoms with Gasteiger partial charge in [-0.3, -0.25) is 0 Å². The molecule has 0 aliphatic rings. The highest BCUT2D eigenvalue weighted by Crippen LogP contribution is 2.35. The average Bonchev–Trinajstić information content (AvgIpc) is 2.71. The molecule has 0 aliphatic carbocycles. The Labute approximate surface area is 125 Å². The van der Waals surface area contributed by atoms with Crippen molar-refractivity contribution in [2.75, 3.05) is 0 Å². The molecule has 1 aromatic heterocycles. The highest BCUT2D eigenvalue weighted by Gasteiger charge is 2.10. The molecule has 1 heterocycles. The van der Waals surface area contributed by atoms with E-state index in [9.17, 15) is 0 Å². The van der Waals surface area contributed by atoms with Crippen LogP contribution in [0.25, 0.3) is 10.1 Å². The molecule has 0 aliphatic heterocycles. The van der Waals surface area contributed by atoms with E-state index in [-0.39, 0.29) is 0 Å². The zero-order valence-corrected chi connectivity index (χ0v) is 13.4. The van der Waals surface area contributed by atoms with Crippen molar-refractivity contribution >= 4 is 33.0 Å².